The number of para-hydroxylation sites is 1. The van der Waals surface area contributed by atoms with E-state index in [2.05, 4.69) is 0 Å². The molecule has 140 valence electrons. The van der Waals surface area contributed by atoms with Gasteiger partial charge in [0.15, 0.2) is 5.76 Å². The number of furan rings is 1. The van der Waals surface area contributed by atoms with Crippen LogP contribution in [0.4, 0.5) is 0 Å². The van der Waals surface area contributed by atoms with E-state index in [0.717, 1.165) is 0 Å². The second kappa shape index (κ2) is 7.25. The molecule has 28 heavy (non-hydrogen) atoms. The average Bonchev–Trinajstić information content (AvgIpc) is 3.25. The zero-order valence-corrected chi connectivity index (χ0v) is 15.4. The zero-order valence-electron chi connectivity index (χ0n) is 14.6. The summed E-state index contributed by atoms with van der Waals surface area (Å²) >= 11 is 6.00. The molecule has 0 saturated heterocycles. The molecule has 0 bridgehead atoms. The maximum Gasteiger partial charge on any atom is 0.347 e. The van der Waals surface area contributed by atoms with Crippen molar-refractivity contribution in [3.05, 3.63) is 81.7 Å². The molecule has 0 fully saturated rings. The van der Waals surface area contributed by atoms with Crippen molar-refractivity contribution in [2.45, 2.75) is 0 Å². The summed E-state index contributed by atoms with van der Waals surface area (Å²) in [6, 6.07) is 14.4. The van der Waals surface area contributed by atoms with Crippen molar-refractivity contribution in [1.82, 2.24) is 0 Å². The molecule has 0 atom stereocenters. The van der Waals surface area contributed by atoms with Gasteiger partial charge in [0.1, 0.15) is 16.9 Å². The second-order valence-electron chi connectivity index (χ2n) is 5.80. The first-order chi connectivity index (χ1) is 13.6. The minimum atomic E-state index is -0.765. The van der Waals surface area contributed by atoms with Crippen LogP contribution in [0.1, 0.15) is 10.4 Å². The summed E-state index contributed by atoms with van der Waals surface area (Å²) in [6.45, 7) is 0. The minimum absolute atomic E-state index is 0.00747. The van der Waals surface area contributed by atoms with Gasteiger partial charge in [0.25, 0.3) is 0 Å². The molecule has 2 heterocycles. The van der Waals surface area contributed by atoms with Crippen molar-refractivity contribution >= 4 is 28.5 Å². The molecule has 4 aromatic rings. The zero-order chi connectivity index (χ0) is 19.7. The molecule has 0 spiro atoms. The molecule has 2 aromatic heterocycles. The fraction of sp³-hybridized carbons (Fsp3) is 0.0476. The number of carbonyl (C=O) groups is 1. The molecule has 0 aliphatic carbocycles. The van der Waals surface area contributed by atoms with E-state index in [9.17, 15) is 9.59 Å². The van der Waals surface area contributed by atoms with E-state index >= 15 is 0 Å². The first kappa shape index (κ1) is 17.9. The molecule has 0 radical (unpaired) electrons. The number of hydrogen-bond acceptors (Lipinski definition) is 6. The van der Waals surface area contributed by atoms with Crippen molar-refractivity contribution in [3.8, 4) is 23.0 Å². The predicted molar refractivity (Wildman–Crippen MR) is 103 cm³/mol. The molecule has 0 amide bonds. The number of ether oxygens (including phenoxy) is 2. The van der Waals surface area contributed by atoms with Crippen LogP contribution in [0, 0.1) is 0 Å². The van der Waals surface area contributed by atoms with Gasteiger partial charge in [-0.2, -0.15) is 0 Å². The van der Waals surface area contributed by atoms with Crippen molar-refractivity contribution in [3.63, 3.8) is 0 Å². The largest absolute Gasteiger partial charge is 0.496 e. The number of hydrogen-bond donors (Lipinski definition) is 0. The smallest absolute Gasteiger partial charge is 0.347 e. The number of benzene rings is 2. The normalized spacial score (nSPS) is 10.8. The van der Waals surface area contributed by atoms with Crippen molar-refractivity contribution in [2.24, 2.45) is 0 Å². The standard InChI is InChI=1S/C21H13ClO6/c1-25-15-6-3-2-5-13(15)21(24)28-20-18(23)14-11-12(22)8-9-16(14)27-19(20)17-7-4-10-26-17/h2-11H,1H3. The van der Waals surface area contributed by atoms with E-state index in [1.165, 1.54) is 25.5 Å². The molecule has 0 aliphatic rings. The van der Waals surface area contributed by atoms with Crippen LogP contribution in [-0.2, 0) is 0 Å². The second-order valence-corrected chi connectivity index (χ2v) is 6.23. The monoisotopic (exact) mass is 396 g/mol. The van der Waals surface area contributed by atoms with E-state index < -0.39 is 11.4 Å². The lowest BCUT2D eigenvalue weighted by Gasteiger charge is -2.11. The van der Waals surface area contributed by atoms with E-state index in [0.29, 0.717) is 10.8 Å². The highest BCUT2D eigenvalue weighted by Crippen LogP contribution is 2.33. The highest BCUT2D eigenvalue weighted by atomic mass is 35.5. The number of halogens is 1. The van der Waals surface area contributed by atoms with Gasteiger partial charge in [-0.05, 0) is 42.5 Å². The quantitative estimate of drug-likeness (QED) is 0.455. The van der Waals surface area contributed by atoms with Gasteiger partial charge in [0.05, 0.1) is 18.8 Å². The van der Waals surface area contributed by atoms with Gasteiger partial charge in [-0.1, -0.05) is 23.7 Å². The Labute approximate surface area is 163 Å². The van der Waals surface area contributed by atoms with Crippen molar-refractivity contribution in [1.29, 1.82) is 0 Å². The Morgan fingerprint density at radius 1 is 1.07 bits per heavy atom. The fourth-order valence-electron chi connectivity index (χ4n) is 2.77. The van der Waals surface area contributed by atoms with Gasteiger partial charge in [-0.25, -0.2) is 4.79 Å². The molecule has 6 nitrogen and oxygen atoms in total. The van der Waals surface area contributed by atoms with Crippen LogP contribution in [0.5, 0.6) is 11.5 Å². The molecular formula is C21H13ClO6. The first-order valence-corrected chi connectivity index (χ1v) is 8.61. The van der Waals surface area contributed by atoms with E-state index in [4.69, 9.17) is 29.9 Å². The summed E-state index contributed by atoms with van der Waals surface area (Å²) in [5.41, 5.74) is -0.0859. The molecule has 0 saturated carbocycles. The lowest BCUT2D eigenvalue weighted by atomic mass is 10.1. The Kier molecular flexibility index (Phi) is 4.63. The third-order valence-electron chi connectivity index (χ3n) is 4.08. The summed E-state index contributed by atoms with van der Waals surface area (Å²) in [7, 11) is 1.44. The maximum atomic E-state index is 13.0. The first-order valence-electron chi connectivity index (χ1n) is 8.24. The Hall–Kier alpha value is -3.51. The number of methoxy groups -OCH3 is 1. The Morgan fingerprint density at radius 3 is 2.64 bits per heavy atom. The number of rotatable bonds is 4. The highest BCUT2D eigenvalue weighted by Gasteiger charge is 2.24. The summed E-state index contributed by atoms with van der Waals surface area (Å²) in [4.78, 5) is 25.8. The third-order valence-corrected chi connectivity index (χ3v) is 4.31. The third kappa shape index (κ3) is 3.14. The van der Waals surface area contributed by atoms with Gasteiger partial charge < -0.3 is 18.3 Å². The van der Waals surface area contributed by atoms with Crippen LogP contribution < -0.4 is 14.9 Å². The van der Waals surface area contributed by atoms with E-state index in [1.54, 1.807) is 42.5 Å². The Morgan fingerprint density at radius 2 is 1.89 bits per heavy atom. The van der Waals surface area contributed by atoms with Gasteiger partial charge in [-0.15, -0.1) is 0 Å². The molecule has 0 unspecified atom stereocenters. The molecule has 0 N–H and O–H groups in total. The summed E-state index contributed by atoms with van der Waals surface area (Å²) in [5.74, 6) is -0.482. The molecular weight excluding hydrogens is 384 g/mol. The van der Waals surface area contributed by atoms with Crippen LogP contribution in [0.2, 0.25) is 5.02 Å². The van der Waals surface area contributed by atoms with Gasteiger partial charge in [0.2, 0.25) is 16.9 Å². The fourth-order valence-corrected chi connectivity index (χ4v) is 2.95. The average molecular weight is 397 g/mol. The van der Waals surface area contributed by atoms with Crippen LogP contribution >= 0.6 is 11.6 Å². The van der Waals surface area contributed by atoms with Crippen LogP contribution in [0.25, 0.3) is 22.5 Å². The summed E-state index contributed by atoms with van der Waals surface area (Å²) < 4.78 is 21.8. The van der Waals surface area contributed by atoms with Crippen molar-refractivity contribution in [2.75, 3.05) is 7.11 Å². The summed E-state index contributed by atoms with van der Waals surface area (Å²) in [6.07, 6.45) is 1.42. The van der Waals surface area contributed by atoms with E-state index in [1.807, 2.05) is 0 Å². The topological polar surface area (TPSA) is 78.9 Å². The van der Waals surface area contributed by atoms with Crippen LogP contribution in [0.15, 0.2) is 74.5 Å². The minimum Gasteiger partial charge on any atom is -0.496 e. The Bertz CT molecular complexity index is 1220. The Balaban J connectivity index is 1.89. The van der Waals surface area contributed by atoms with Gasteiger partial charge >= 0.3 is 5.97 Å². The number of carbonyl (C=O) groups excluding carboxylic acids is 1. The highest BCUT2D eigenvalue weighted by molar-refractivity contribution is 6.31. The molecule has 7 heteroatoms. The summed E-state index contributed by atoms with van der Waals surface area (Å²) in [5, 5.41) is 0.540. The maximum absolute atomic E-state index is 13.0. The molecule has 0 aliphatic heterocycles. The number of esters is 1. The van der Waals surface area contributed by atoms with Gasteiger partial charge in [0, 0.05) is 5.02 Å². The van der Waals surface area contributed by atoms with E-state index in [-0.39, 0.29) is 33.8 Å². The SMILES string of the molecule is COc1ccccc1C(=O)Oc1c(-c2ccco2)oc2ccc(Cl)cc2c1=O. The van der Waals surface area contributed by atoms with Gasteiger partial charge in [-0.3, -0.25) is 4.79 Å². The van der Waals surface area contributed by atoms with Crippen LogP contribution in [-0.4, -0.2) is 13.1 Å². The molecule has 4 rings (SSSR count). The predicted octanol–water partition coefficient (Wildman–Crippen LogP) is 4.93. The number of fused-ring (bicyclic) bond motifs is 1. The molecule has 2 aromatic carbocycles. The van der Waals surface area contributed by atoms with Crippen LogP contribution in [0.3, 0.4) is 0 Å². The lowest BCUT2D eigenvalue weighted by molar-refractivity contribution is 0.0727. The van der Waals surface area contributed by atoms with Crippen molar-refractivity contribution < 1.29 is 23.1 Å². The lowest BCUT2D eigenvalue weighted by Crippen LogP contribution is -2.17.